The van der Waals surface area contributed by atoms with E-state index in [0.717, 1.165) is 28.9 Å². The smallest absolute Gasteiger partial charge is 0.164 e. The average Bonchev–Trinajstić information content (AvgIpc) is 2.61. The molecular formula is C11H18INO. The van der Waals surface area contributed by atoms with Crippen LogP contribution < -0.4 is 5.32 Å². The van der Waals surface area contributed by atoms with Crippen LogP contribution in [0.15, 0.2) is 16.5 Å². The van der Waals surface area contributed by atoms with E-state index in [-0.39, 0.29) is 5.54 Å². The minimum atomic E-state index is 0.234. The lowest BCUT2D eigenvalue weighted by atomic mass is 9.95. The lowest BCUT2D eigenvalue weighted by molar-refractivity contribution is 0.312. The maximum Gasteiger partial charge on any atom is 0.164 e. The van der Waals surface area contributed by atoms with Gasteiger partial charge in [-0.1, -0.05) is 13.8 Å². The quantitative estimate of drug-likeness (QED) is 0.842. The van der Waals surface area contributed by atoms with Crippen LogP contribution in [-0.4, -0.2) is 5.54 Å². The van der Waals surface area contributed by atoms with E-state index in [9.17, 15) is 0 Å². The molecule has 0 amide bonds. The topological polar surface area (TPSA) is 25.2 Å². The molecule has 14 heavy (non-hydrogen) atoms. The fraction of sp³-hybridized carbons (Fsp3) is 0.636. The van der Waals surface area contributed by atoms with Gasteiger partial charge in [-0.3, -0.25) is 0 Å². The standard InChI is InChI=1S/C11H18INO/c1-4-11(3,5-2)13-8-9-6-7-10(12)14-9/h6-7,13H,4-5,8H2,1-3H3. The second-order valence-electron chi connectivity index (χ2n) is 3.83. The van der Waals surface area contributed by atoms with Crippen LogP contribution in [-0.2, 0) is 6.54 Å². The van der Waals surface area contributed by atoms with Crippen LogP contribution in [0.1, 0.15) is 39.4 Å². The van der Waals surface area contributed by atoms with Crippen molar-refractivity contribution in [3.05, 3.63) is 21.7 Å². The van der Waals surface area contributed by atoms with Gasteiger partial charge in [-0.15, -0.1) is 0 Å². The highest BCUT2D eigenvalue weighted by Gasteiger charge is 2.18. The molecule has 0 saturated carbocycles. The highest BCUT2D eigenvalue weighted by Crippen LogP contribution is 2.16. The minimum Gasteiger partial charge on any atom is -0.454 e. The van der Waals surface area contributed by atoms with Crippen LogP contribution in [0.5, 0.6) is 0 Å². The zero-order valence-corrected chi connectivity index (χ0v) is 11.2. The van der Waals surface area contributed by atoms with Crippen LogP contribution in [0.2, 0.25) is 0 Å². The Morgan fingerprint density at radius 2 is 2.00 bits per heavy atom. The number of furan rings is 1. The summed E-state index contributed by atoms with van der Waals surface area (Å²) in [5.74, 6) is 1.02. The fourth-order valence-electron chi connectivity index (χ4n) is 1.25. The van der Waals surface area contributed by atoms with Gasteiger partial charge in [0.2, 0.25) is 0 Å². The first kappa shape index (κ1) is 12.0. The van der Waals surface area contributed by atoms with Gasteiger partial charge < -0.3 is 9.73 Å². The molecule has 1 aromatic rings. The van der Waals surface area contributed by atoms with Crippen molar-refractivity contribution >= 4 is 22.6 Å². The summed E-state index contributed by atoms with van der Waals surface area (Å²) in [5.41, 5.74) is 0.234. The Balaban J connectivity index is 2.47. The first-order valence-corrected chi connectivity index (χ1v) is 6.17. The predicted molar refractivity (Wildman–Crippen MR) is 67.3 cm³/mol. The molecule has 0 aliphatic carbocycles. The Morgan fingerprint density at radius 3 is 2.43 bits per heavy atom. The summed E-state index contributed by atoms with van der Waals surface area (Å²) in [6.45, 7) is 7.49. The molecule has 1 aromatic heterocycles. The van der Waals surface area contributed by atoms with Crippen molar-refractivity contribution in [1.29, 1.82) is 0 Å². The number of rotatable bonds is 5. The zero-order chi connectivity index (χ0) is 10.6. The molecule has 0 atom stereocenters. The van der Waals surface area contributed by atoms with Crippen molar-refractivity contribution in [3.8, 4) is 0 Å². The second-order valence-corrected chi connectivity index (χ2v) is 4.89. The zero-order valence-electron chi connectivity index (χ0n) is 9.06. The maximum absolute atomic E-state index is 5.49. The molecule has 2 nitrogen and oxygen atoms in total. The van der Waals surface area contributed by atoms with Gasteiger partial charge in [0, 0.05) is 5.54 Å². The van der Waals surface area contributed by atoms with Crippen molar-refractivity contribution in [2.45, 2.75) is 45.7 Å². The van der Waals surface area contributed by atoms with Crippen LogP contribution in [0, 0.1) is 3.77 Å². The van der Waals surface area contributed by atoms with Crippen LogP contribution in [0.4, 0.5) is 0 Å². The Hall–Kier alpha value is -0.0300. The van der Waals surface area contributed by atoms with Crippen molar-refractivity contribution in [2.75, 3.05) is 0 Å². The van der Waals surface area contributed by atoms with Crippen molar-refractivity contribution in [3.63, 3.8) is 0 Å². The molecule has 1 heterocycles. The van der Waals surface area contributed by atoms with Gasteiger partial charge in [-0.2, -0.15) is 0 Å². The molecular weight excluding hydrogens is 289 g/mol. The van der Waals surface area contributed by atoms with E-state index in [1.165, 1.54) is 0 Å². The van der Waals surface area contributed by atoms with Gasteiger partial charge in [-0.25, -0.2) is 0 Å². The van der Waals surface area contributed by atoms with E-state index >= 15 is 0 Å². The molecule has 0 aliphatic heterocycles. The van der Waals surface area contributed by atoms with E-state index in [4.69, 9.17) is 4.42 Å². The monoisotopic (exact) mass is 307 g/mol. The van der Waals surface area contributed by atoms with Crippen LogP contribution >= 0.6 is 22.6 Å². The van der Waals surface area contributed by atoms with Crippen molar-refractivity contribution in [2.24, 2.45) is 0 Å². The second kappa shape index (κ2) is 5.16. The van der Waals surface area contributed by atoms with Gasteiger partial charge in [0.15, 0.2) is 3.77 Å². The normalized spacial score (nSPS) is 12.0. The predicted octanol–water partition coefficient (Wildman–Crippen LogP) is 3.55. The van der Waals surface area contributed by atoms with Crippen LogP contribution in [0.25, 0.3) is 0 Å². The first-order chi connectivity index (χ1) is 6.59. The third-order valence-electron chi connectivity index (χ3n) is 2.88. The molecule has 0 fully saturated rings. The number of nitrogens with one attached hydrogen (secondary N) is 1. The van der Waals surface area contributed by atoms with E-state index in [0.29, 0.717) is 0 Å². The van der Waals surface area contributed by atoms with Gasteiger partial charge >= 0.3 is 0 Å². The Kier molecular flexibility index (Phi) is 4.44. The summed E-state index contributed by atoms with van der Waals surface area (Å²) < 4.78 is 6.44. The van der Waals surface area contributed by atoms with Crippen LogP contribution in [0.3, 0.4) is 0 Å². The van der Waals surface area contributed by atoms with E-state index in [1.54, 1.807) is 0 Å². The molecule has 80 valence electrons. The largest absolute Gasteiger partial charge is 0.454 e. The third kappa shape index (κ3) is 3.28. The Morgan fingerprint density at radius 1 is 1.36 bits per heavy atom. The third-order valence-corrected chi connectivity index (χ3v) is 3.46. The number of hydrogen-bond acceptors (Lipinski definition) is 2. The number of hydrogen-bond donors (Lipinski definition) is 1. The van der Waals surface area contributed by atoms with Crippen molar-refractivity contribution < 1.29 is 4.42 Å². The molecule has 0 aliphatic rings. The molecule has 1 rings (SSSR count). The molecule has 3 heteroatoms. The van der Waals surface area contributed by atoms with Gasteiger partial charge in [0.25, 0.3) is 0 Å². The summed E-state index contributed by atoms with van der Waals surface area (Å²) in [6.07, 6.45) is 2.28. The highest BCUT2D eigenvalue weighted by molar-refractivity contribution is 14.1. The summed E-state index contributed by atoms with van der Waals surface area (Å²) in [6, 6.07) is 4.02. The van der Waals surface area contributed by atoms with E-state index in [2.05, 4.69) is 48.7 Å². The lowest BCUT2D eigenvalue weighted by Crippen LogP contribution is -2.40. The molecule has 0 aromatic carbocycles. The Bertz CT molecular complexity index is 279. The molecule has 0 radical (unpaired) electrons. The molecule has 0 unspecified atom stereocenters. The van der Waals surface area contributed by atoms with Gasteiger partial charge in [0.05, 0.1) is 6.54 Å². The highest BCUT2D eigenvalue weighted by atomic mass is 127. The first-order valence-electron chi connectivity index (χ1n) is 5.09. The summed E-state index contributed by atoms with van der Waals surface area (Å²) in [7, 11) is 0. The fourth-order valence-corrected chi connectivity index (χ4v) is 1.71. The van der Waals surface area contributed by atoms with Crippen molar-refractivity contribution in [1.82, 2.24) is 5.32 Å². The lowest BCUT2D eigenvalue weighted by Gasteiger charge is -2.27. The van der Waals surface area contributed by atoms with Gasteiger partial charge in [-0.05, 0) is 54.5 Å². The summed E-state index contributed by atoms with van der Waals surface area (Å²) >= 11 is 2.19. The SMILES string of the molecule is CCC(C)(CC)NCc1ccc(I)o1. The summed E-state index contributed by atoms with van der Waals surface area (Å²) in [5, 5.41) is 3.53. The maximum atomic E-state index is 5.49. The molecule has 0 spiro atoms. The van der Waals surface area contributed by atoms with Gasteiger partial charge in [0.1, 0.15) is 5.76 Å². The average molecular weight is 307 g/mol. The molecule has 0 saturated heterocycles. The number of halogens is 1. The van der Waals surface area contributed by atoms with E-state index < -0.39 is 0 Å². The van der Waals surface area contributed by atoms with E-state index in [1.807, 2.05) is 12.1 Å². The summed E-state index contributed by atoms with van der Waals surface area (Å²) in [4.78, 5) is 0. The molecule has 0 bridgehead atoms. The molecule has 1 N–H and O–H groups in total. The minimum absolute atomic E-state index is 0.234. The Labute approximate surface area is 99.6 Å².